The monoisotopic (exact) mass is 442 g/mol. The van der Waals surface area contributed by atoms with E-state index in [-0.39, 0.29) is 37.3 Å². The number of aliphatic hydroxyl groups excluding tert-OH is 1. The Labute approximate surface area is 181 Å². The normalized spacial score (nSPS) is 15.7. The summed E-state index contributed by atoms with van der Waals surface area (Å²) in [4.78, 5) is 30.7. The van der Waals surface area contributed by atoms with Crippen LogP contribution >= 0.6 is 11.6 Å². The average molecular weight is 443 g/mol. The Hall–Kier alpha value is -3.15. The molecule has 0 saturated heterocycles. The van der Waals surface area contributed by atoms with E-state index in [1.807, 2.05) is 6.08 Å². The van der Waals surface area contributed by atoms with E-state index in [1.165, 1.54) is 10.6 Å². The Balaban J connectivity index is 2.04. The van der Waals surface area contributed by atoms with Crippen molar-refractivity contribution in [2.45, 2.75) is 32.4 Å². The van der Waals surface area contributed by atoms with Gasteiger partial charge in [-0.15, -0.1) is 0 Å². The van der Waals surface area contributed by atoms with Crippen LogP contribution in [0.15, 0.2) is 61.8 Å². The minimum absolute atomic E-state index is 0.0844. The number of allylic oxidation sites excluding steroid dienone is 8. The first-order valence-electron chi connectivity index (χ1n) is 9.87. The molecule has 0 radical (unpaired) electrons. The Morgan fingerprint density at radius 1 is 1.23 bits per heavy atom. The molecule has 31 heavy (non-hydrogen) atoms. The molecule has 4 rings (SSSR count). The lowest BCUT2D eigenvalue weighted by Crippen LogP contribution is -2.40. The summed E-state index contributed by atoms with van der Waals surface area (Å²) in [5.74, 6) is -0.0505. The van der Waals surface area contributed by atoms with E-state index in [9.17, 15) is 14.0 Å². The fraction of sp³-hybridized carbons (Fsp3) is 0.318. The number of nitrogens with zero attached hydrogens (tertiary/aromatic N) is 4. The maximum atomic E-state index is 13.3. The van der Waals surface area contributed by atoms with Gasteiger partial charge in [0.15, 0.2) is 17.0 Å². The lowest BCUT2D eigenvalue weighted by molar-refractivity contribution is 0.277. The van der Waals surface area contributed by atoms with Gasteiger partial charge in [0.2, 0.25) is 0 Å². The highest BCUT2D eigenvalue weighted by atomic mass is 35.5. The van der Waals surface area contributed by atoms with Gasteiger partial charge >= 0.3 is 5.69 Å². The molecule has 0 atom stereocenters. The number of aromatic nitrogens is 4. The molecule has 0 aliphatic heterocycles. The number of rotatable bonds is 6. The molecule has 9 heteroatoms. The largest absolute Gasteiger partial charge is 0.396 e. The molecular formula is C22H20ClFN4O3. The van der Waals surface area contributed by atoms with Gasteiger partial charge in [-0.05, 0) is 43.2 Å². The fourth-order valence-corrected chi connectivity index (χ4v) is 3.96. The highest BCUT2D eigenvalue weighted by molar-refractivity contribution is 6.34. The molecule has 0 unspecified atom stereocenters. The van der Waals surface area contributed by atoms with Gasteiger partial charge in [-0.2, -0.15) is 4.39 Å². The summed E-state index contributed by atoms with van der Waals surface area (Å²) < 4.78 is 17.4. The Morgan fingerprint density at radius 3 is 2.71 bits per heavy atom. The number of aliphatic hydroxyl groups is 1. The van der Waals surface area contributed by atoms with Crippen molar-refractivity contribution in [1.82, 2.24) is 18.7 Å². The lowest BCUT2D eigenvalue weighted by Gasteiger charge is -2.15. The second kappa shape index (κ2) is 8.53. The summed E-state index contributed by atoms with van der Waals surface area (Å²) in [7, 11) is 1.55. The first-order valence-corrected chi connectivity index (χ1v) is 10.2. The van der Waals surface area contributed by atoms with Gasteiger partial charge < -0.3 is 9.67 Å². The van der Waals surface area contributed by atoms with Crippen LogP contribution in [-0.2, 0) is 20.1 Å². The summed E-state index contributed by atoms with van der Waals surface area (Å²) in [6.45, 7) is 0.113. The van der Waals surface area contributed by atoms with Crippen LogP contribution in [0.4, 0.5) is 4.39 Å². The molecule has 2 aliphatic rings. The van der Waals surface area contributed by atoms with E-state index in [2.05, 4.69) is 16.4 Å². The molecule has 0 bridgehead atoms. The Bertz CT molecular complexity index is 1390. The zero-order chi connectivity index (χ0) is 22.1. The van der Waals surface area contributed by atoms with Crippen molar-refractivity contribution in [2.24, 2.45) is 7.05 Å². The van der Waals surface area contributed by atoms with E-state index in [4.69, 9.17) is 16.7 Å². The van der Waals surface area contributed by atoms with E-state index in [0.29, 0.717) is 22.9 Å². The minimum atomic E-state index is -0.531. The highest BCUT2D eigenvalue weighted by Crippen LogP contribution is 2.32. The number of fused-ring (bicyclic) bond motifs is 1. The van der Waals surface area contributed by atoms with Crippen LogP contribution in [0.3, 0.4) is 0 Å². The SMILES string of the molecule is Cn1c(=O)n(CCCO)c(=O)c2c1nc(C1=C(Cl)C=CCC1)n2CC1=C=C=C(F)C=C1. The third-order valence-electron chi connectivity index (χ3n) is 5.26. The average Bonchev–Trinajstić information content (AvgIpc) is 3.13. The van der Waals surface area contributed by atoms with E-state index < -0.39 is 17.1 Å². The molecule has 2 aromatic rings. The van der Waals surface area contributed by atoms with Crippen LogP contribution in [-0.4, -0.2) is 30.4 Å². The summed E-state index contributed by atoms with van der Waals surface area (Å²) in [6, 6.07) is 0. The number of hydrogen-bond donors (Lipinski definition) is 1. The van der Waals surface area contributed by atoms with Crippen LogP contribution in [0.25, 0.3) is 16.7 Å². The molecule has 2 aromatic heterocycles. The Kier molecular flexibility index (Phi) is 5.81. The summed E-state index contributed by atoms with van der Waals surface area (Å²) in [6.07, 6.45) is 8.25. The zero-order valence-electron chi connectivity index (χ0n) is 16.9. The van der Waals surface area contributed by atoms with Crippen LogP contribution in [0.2, 0.25) is 0 Å². The molecule has 1 N–H and O–H groups in total. The number of aryl methyl sites for hydroxylation is 1. The van der Waals surface area contributed by atoms with Gasteiger partial charge in [0.25, 0.3) is 5.56 Å². The Morgan fingerprint density at radius 2 is 2.03 bits per heavy atom. The molecule has 0 fully saturated rings. The maximum absolute atomic E-state index is 13.3. The zero-order valence-corrected chi connectivity index (χ0v) is 17.6. The van der Waals surface area contributed by atoms with Crippen LogP contribution in [0.1, 0.15) is 25.1 Å². The van der Waals surface area contributed by atoms with Gasteiger partial charge in [0.05, 0.1) is 6.54 Å². The fourth-order valence-electron chi connectivity index (χ4n) is 3.69. The van der Waals surface area contributed by atoms with Gasteiger partial charge in [0, 0.05) is 36.4 Å². The van der Waals surface area contributed by atoms with E-state index in [0.717, 1.165) is 16.6 Å². The van der Waals surface area contributed by atoms with Crippen molar-refractivity contribution in [3.63, 3.8) is 0 Å². The van der Waals surface area contributed by atoms with Crippen molar-refractivity contribution in [2.75, 3.05) is 6.61 Å². The minimum Gasteiger partial charge on any atom is -0.396 e. The first kappa shape index (κ1) is 21.1. The number of hydrogen-bond acceptors (Lipinski definition) is 4. The predicted molar refractivity (Wildman–Crippen MR) is 116 cm³/mol. The van der Waals surface area contributed by atoms with Gasteiger partial charge in [-0.25, -0.2) is 9.78 Å². The second-order valence-electron chi connectivity index (χ2n) is 7.29. The van der Waals surface area contributed by atoms with Crippen LogP contribution in [0, 0.1) is 0 Å². The maximum Gasteiger partial charge on any atom is 0.332 e. The predicted octanol–water partition coefficient (Wildman–Crippen LogP) is 2.68. The molecule has 0 spiro atoms. The van der Waals surface area contributed by atoms with Crippen molar-refractivity contribution in [3.05, 3.63) is 78.9 Å². The quantitative estimate of drug-likeness (QED) is 0.697. The number of imidazole rings is 1. The van der Waals surface area contributed by atoms with Crippen molar-refractivity contribution >= 4 is 28.3 Å². The summed E-state index contributed by atoms with van der Waals surface area (Å²) in [5, 5.41) is 9.68. The van der Waals surface area contributed by atoms with Gasteiger partial charge in [-0.1, -0.05) is 23.4 Å². The third kappa shape index (κ3) is 3.82. The van der Waals surface area contributed by atoms with Gasteiger partial charge in [0.1, 0.15) is 5.82 Å². The van der Waals surface area contributed by atoms with Crippen molar-refractivity contribution in [3.8, 4) is 0 Å². The smallest absolute Gasteiger partial charge is 0.332 e. The molecular weight excluding hydrogens is 423 g/mol. The molecule has 0 aromatic carbocycles. The molecule has 0 saturated carbocycles. The molecule has 0 amide bonds. The molecule has 7 nitrogen and oxygen atoms in total. The third-order valence-corrected chi connectivity index (χ3v) is 5.61. The second-order valence-corrected chi connectivity index (χ2v) is 7.70. The first-order chi connectivity index (χ1) is 14.9. The lowest BCUT2D eigenvalue weighted by atomic mass is 10.0. The van der Waals surface area contributed by atoms with Crippen molar-refractivity contribution in [1.29, 1.82) is 0 Å². The summed E-state index contributed by atoms with van der Waals surface area (Å²) >= 11 is 6.45. The van der Waals surface area contributed by atoms with Crippen LogP contribution < -0.4 is 11.2 Å². The van der Waals surface area contributed by atoms with Crippen molar-refractivity contribution < 1.29 is 9.50 Å². The highest BCUT2D eigenvalue weighted by Gasteiger charge is 2.24. The van der Waals surface area contributed by atoms with E-state index in [1.54, 1.807) is 23.8 Å². The van der Waals surface area contributed by atoms with Gasteiger partial charge in [-0.3, -0.25) is 13.9 Å². The molecule has 2 heterocycles. The van der Waals surface area contributed by atoms with Crippen LogP contribution in [0.5, 0.6) is 0 Å². The summed E-state index contributed by atoms with van der Waals surface area (Å²) in [5.41, 5.74) is 5.98. The van der Waals surface area contributed by atoms with E-state index >= 15 is 0 Å². The molecule has 160 valence electrons. The topological polar surface area (TPSA) is 82.0 Å². The standard InChI is InChI=1S/C22H20ClFN4O3/c1-26-20-18(21(30)27(22(26)31)11-4-12-29)28(13-14-7-9-15(24)10-8-14)19(25-20)16-5-2-3-6-17(16)23/h3,6-7,9,29H,2,4-5,11-13H2,1H3. The number of halogens is 2. The molecule has 2 aliphatic carbocycles.